The number of anilines is 1. The van der Waals surface area contributed by atoms with Gasteiger partial charge >= 0.3 is 0 Å². The van der Waals surface area contributed by atoms with E-state index < -0.39 is 15.9 Å². The van der Waals surface area contributed by atoms with Crippen LogP contribution in [0.1, 0.15) is 47.7 Å². The lowest BCUT2D eigenvalue weighted by Gasteiger charge is -2.20. The van der Waals surface area contributed by atoms with Crippen LogP contribution in [0.5, 0.6) is 5.75 Å². The molecule has 1 aliphatic rings. The molecule has 0 bridgehead atoms. The molecule has 1 amide bonds. The largest absolute Gasteiger partial charge is 0.495 e. The highest BCUT2D eigenvalue weighted by atomic mass is 32.2. The number of ether oxygens (including phenoxy) is 1. The van der Waals surface area contributed by atoms with Crippen LogP contribution < -0.4 is 10.1 Å². The standard InChI is InChI=1S/C21H26N6O4S/c1-14-12-15(2)27-21(22-14)24-19(25-27)20(28)23-17-13-16(8-9-18(17)31-3)32(29,30)26-10-6-4-5-7-11-26/h8-9,12-13H,4-7,10-11H2,1-3H3,(H,23,28). The van der Waals surface area contributed by atoms with Crippen LogP contribution in [0.4, 0.5) is 5.69 Å². The summed E-state index contributed by atoms with van der Waals surface area (Å²) in [5, 5.41) is 6.91. The van der Waals surface area contributed by atoms with E-state index in [9.17, 15) is 13.2 Å². The molecule has 4 rings (SSSR count). The lowest BCUT2D eigenvalue weighted by atomic mass is 10.2. The van der Waals surface area contributed by atoms with Gasteiger partial charge in [0.1, 0.15) is 5.75 Å². The van der Waals surface area contributed by atoms with Crippen molar-refractivity contribution in [2.24, 2.45) is 0 Å². The monoisotopic (exact) mass is 458 g/mol. The Morgan fingerprint density at radius 2 is 1.78 bits per heavy atom. The average molecular weight is 459 g/mol. The SMILES string of the molecule is COc1ccc(S(=O)(=O)N2CCCCCC2)cc1NC(=O)c1nc2nc(C)cc(C)n2n1. The molecule has 3 heterocycles. The van der Waals surface area contributed by atoms with E-state index in [1.54, 1.807) is 0 Å². The molecule has 1 saturated heterocycles. The molecule has 32 heavy (non-hydrogen) atoms. The van der Waals surface area contributed by atoms with Gasteiger partial charge in [-0.1, -0.05) is 12.8 Å². The van der Waals surface area contributed by atoms with Crippen molar-refractivity contribution in [1.82, 2.24) is 23.9 Å². The first-order valence-electron chi connectivity index (χ1n) is 10.5. The number of carbonyl (C=O) groups excluding carboxylic acids is 1. The summed E-state index contributed by atoms with van der Waals surface area (Å²) in [4.78, 5) is 21.5. The van der Waals surface area contributed by atoms with Crippen molar-refractivity contribution >= 4 is 27.4 Å². The molecule has 0 saturated carbocycles. The van der Waals surface area contributed by atoms with E-state index in [4.69, 9.17) is 4.74 Å². The van der Waals surface area contributed by atoms with E-state index in [1.165, 1.54) is 34.1 Å². The summed E-state index contributed by atoms with van der Waals surface area (Å²) in [6, 6.07) is 6.28. The summed E-state index contributed by atoms with van der Waals surface area (Å²) >= 11 is 0. The molecule has 1 aromatic carbocycles. The van der Waals surface area contributed by atoms with E-state index in [2.05, 4.69) is 20.4 Å². The van der Waals surface area contributed by atoms with Gasteiger partial charge in [-0.25, -0.2) is 17.9 Å². The molecule has 0 atom stereocenters. The van der Waals surface area contributed by atoms with Gasteiger partial charge in [0.05, 0.1) is 17.7 Å². The van der Waals surface area contributed by atoms with Gasteiger partial charge in [0, 0.05) is 24.5 Å². The van der Waals surface area contributed by atoms with Crippen molar-refractivity contribution in [3.63, 3.8) is 0 Å². The molecule has 0 spiro atoms. The number of sulfonamides is 1. The molecular weight excluding hydrogens is 432 g/mol. The molecule has 11 heteroatoms. The zero-order chi connectivity index (χ0) is 22.9. The predicted octanol–water partition coefficient (Wildman–Crippen LogP) is 2.57. The van der Waals surface area contributed by atoms with Gasteiger partial charge in [-0.2, -0.15) is 9.29 Å². The number of nitrogens with zero attached hydrogens (tertiary/aromatic N) is 5. The molecule has 1 aliphatic heterocycles. The minimum atomic E-state index is -3.68. The maximum atomic E-state index is 13.2. The summed E-state index contributed by atoms with van der Waals surface area (Å²) in [5.41, 5.74) is 1.79. The van der Waals surface area contributed by atoms with E-state index in [1.807, 2.05) is 19.9 Å². The van der Waals surface area contributed by atoms with E-state index >= 15 is 0 Å². The molecular formula is C21H26N6O4S. The number of rotatable bonds is 5. The first-order chi connectivity index (χ1) is 15.3. The molecule has 0 radical (unpaired) electrons. The zero-order valence-electron chi connectivity index (χ0n) is 18.3. The van der Waals surface area contributed by atoms with Crippen molar-refractivity contribution in [2.45, 2.75) is 44.4 Å². The minimum Gasteiger partial charge on any atom is -0.495 e. The second-order valence-electron chi connectivity index (χ2n) is 7.82. The second kappa shape index (κ2) is 8.83. The van der Waals surface area contributed by atoms with Gasteiger partial charge in [-0.15, -0.1) is 5.10 Å². The number of aryl methyl sites for hydroxylation is 2. The minimum absolute atomic E-state index is 0.0750. The average Bonchev–Trinajstić information content (AvgIpc) is 2.99. The Labute approximate surface area is 186 Å². The molecule has 170 valence electrons. The van der Waals surface area contributed by atoms with Crippen LogP contribution >= 0.6 is 0 Å². The molecule has 0 unspecified atom stereocenters. The Morgan fingerprint density at radius 1 is 1.06 bits per heavy atom. The third-order valence-corrected chi connectivity index (χ3v) is 7.34. The van der Waals surface area contributed by atoms with E-state index in [0.29, 0.717) is 24.6 Å². The maximum Gasteiger partial charge on any atom is 0.295 e. The molecule has 0 aliphatic carbocycles. The van der Waals surface area contributed by atoms with Crippen LogP contribution in [0.25, 0.3) is 5.78 Å². The molecule has 1 fully saturated rings. The van der Waals surface area contributed by atoms with Gasteiger partial charge in [0.15, 0.2) is 0 Å². The summed E-state index contributed by atoms with van der Waals surface area (Å²) in [6.07, 6.45) is 3.72. The van der Waals surface area contributed by atoms with Crippen LogP contribution in [0.15, 0.2) is 29.2 Å². The van der Waals surface area contributed by atoms with Crippen molar-refractivity contribution in [3.8, 4) is 5.75 Å². The maximum absolute atomic E-state index is 13.2. The first-order valence-corrected chi connectivity index (χ1v) is 11.9. The van der Waals surface area contributed by atoms with Gasteiger partial charge in [0.2, 0.25) is 15.8 Å². The summed E-state index contributed by atoms with van der Waals surface area (Å²) < 4.78 is 34.7. The van der Waals surface area contributed by atoms with Crippen molar-refractivity contribution in [3.05, 3.63) is 41.5 Å². The number of benzene rings is 1. The third-order valence-electron chi connectivity index (χ3n) is 5.44. The number of methoxy groups -OCH3 is 1. The predicted molar refractivity (Wildman–Crippen MR) is 118 cm³/mol. The molecule has 1 N–H and O–H groups in total. The Hall–Kier alpha value is -3.05. The summed E-state index contributed by atoms with van der Waals surface area (Å²) in [7, 11) is -2.23. The van der Waals surface area contributed by atoms with Gasteiger partial charge in [-0.3, -0.25) is 4.79 Å². The van der Waals surface area contributed by atoms with Crippen LogP contribution in [-0.4, -0.2) is 58.4 Å². The fourth-order valence-electron chi connectivity index (χ4n) is 3.82. The Morgan fingerprint density at radius 3 is 2.47 bits per heavy atom. The summed E-state index contributed by atoms with van der Waals surface area (Å²) in [5.74, 6) is -0.0107. The van der Waals surface area contributed by atoms with E-state index in [-0.39, 0.29) is 16.4 Å². The molecule has 10 nitrogen and oxygen atoms in total. The number of hydrogen-bond acceptors (Lipinski definition) is 7. The van der Waals surface area contributed by atoms with Gasteiger partial charge in [-0.05, 0) is 51.0 Å². The first kappa shape index (κ1) is 22.2. The number of fused-ring (bicyclic) bond motifs is 1. The van der Waals surface area contributed by atoms with Crippen LogP contribution in [0.3, 0.4) is 0 Å². The van der Waals surface area contributed by atoms with Crippen molar-refractivity contribution in [2.75, 3.05) is 25.5 Å². The number of amides is 1. The van der Waals surface area contributed by atoms with Crippen molar-refractivity contribution in [1.29, 1.82) is 0 Å². The normalized spacial score (nSPS) is 15.5. The quantitative estimate of drug-likeness (QED) is 0.624. The Bertz CT molecular complexity index is 1260. The van der Waals surface area contributed by atoms with Gasteiger partial charge < -0.3 is 10.1 Å². The molecule has 3 aromatic rings. The van der Waals surface area contributed by atoms with E-state index in [0.717, 1.165) is 37.1 Å². The van der Waals surface area contributed by atoms with Gasteiger partial charge in [0.25, 0.3) is 11.7 Å². The number of aromatic nitrogens is 4. The fourth-order valence-corrected chi connectivity index (χ4v) is 5.36. The molecule has 2 aromatic heterocycles. The number of nitrogens with one attached hydrogen (secondary N) is 1. The smallest absolute Gasteiger partial charge is 0.295 e. The lowest BCUT2D eigenvalue weighted by molar-refractivity contribution is 0.101. The fraction of sp³-hybridized carbons (Fsp3) is 0.429. The summed E-state index contributed by atoms with van der Waals surface area (Å²) in [6.45, 7) is 4.67. The zero-order valence-corrected chi connectivity index (χ0v) is 19.1. The number of hydrogen-bond donors (Lipinski definition) is 1. The topological polar surface area (TPSA) is 119 Å². The van der Waals surface area contributed by atoms with Crippen LogP contribution in [0.2, 0.25) is 0 Å². The van der Waals surface area contributed by atoms with Crippen molar-refractivity contribution < 1.29 is 17.9 Å². The Balaban J connectivity index is 1.64. The highest BCUT2D eigenvalue weighted by Gasteiger charge is 2.27. The highest BCUT2D eigenvalue weighted by Crippen LogP contribution is 2.30. The van der Waals surface area contributed by atoms with Crippen LogP contribution in [0, 0.1) is 13.8 Å². The number of carbonyl (C=O) groups is 1. The third kappa shape index (κ3) is 4.30. The highest BCUT2D eigenvalue weighted by molar-refractivity contribution is 7.89. The van der Waals surface area contributed by atoms with Crippen LogP contribution in [-0.2, 0) is 10.0 Å². The lowest BCUT2D eigenvalue weighted by Crippen LogP contribution is -2.32. The Kier molecular flexibility index (Phi) is 6.11. The second-order valence-corrected chi connectivity index (χ2v) is 9.76.